The zero-order valence-corrected chi connectivity index (χ0v) is 4.04. The van der Waals surface area contributed by atoms with Gasteiger partial charge in [-0.05, 0) is 0 Å². The molecule has 0 aliphatic heterocycles. The second-order valence-corrected chi connectivity index (χ2v) is 1.77. The molecule has 0 heteroatoms. The van der Waals surface area contributed by atoms with E-state index in [1.807, 2.05) is 0 Å². The van der Waals surface area contributed by atoms with E-state index in [2.05, 4.69) is 0 Å². The van der Waals surface area contributed by atoms with Gasteiger partial charge in [0.25, 0.3) is 0 Å². The molecule has 4 radical (unpaired) electrons. The molecule has 34 valence electrons. The van der Waals surface area contributed by atoms with Crippen LogP contribution in [0.15, 0.2) is 0 Å². The monoisotopic (exact) mass is 82.1 g/mol. The third-order valence-electron chi connectivity index (χ3n) is 1.25. The van der Waals surface area contributed by atoms with Crippen molar-refractivity contribution in [1.29, 1.82) is 0 Å². The Morgan fingerprint density at radius 2 is 0.667 bits per heavy atom. The van der Waals surface area contributed by atoms with Crippen LogP contribution in [-0.2, 0) is 0 Å². The molecule has 0 bridgehead atoms. The molecule has 1 aliphatic carbocycles. The third kappa shape index (κ3) is 1.44. The Morgan fingerprint density at radius 3 is 0.833 bits per heavy atom. The predicted molar refractivity (Wildman–Crippen MR) is 26.3 cm³/mol. The average Bonchev–Trinajstić information content (AvgIpc) is 1.76. The zero-order valence-electron chi connectivity index (χ0n) is 4.04. The first-order chi connectivity index (χ1) is 2.50. The molecule has 6 heavy (non-hydrogen) atoms. The van der Waals surface area contributed by atoms with Gasteiger partial charge in [-0.1, -0.05) is 32.1 Å². The van der Waals surface area contributed by atoms with Gasteiger partial charge in [0.2, 0.25) is 0 Å². The summed E-state index contributed by atoms with van der Waals surface area (Å²) in [7, 11) is 0. The van der Waals surface area contributed by atoms with Crippen molar-refractivity contribution in [2.45, 2.75) is 32.1 Å². The van der Waals surface area contributed by atoms with E-state index in [1.165, 1.54) is 32.1 Å². The van der Waals surface area contributed by atoms with Crippen LogP contribution in [0.3, 0.4) is 0 Å². The van der Waals surface area contributed by atoms with Crippen LogP contribution in [0.4, 0.5) is 0 Å². The van der Waals surface area contributed by atoms with Gasteiger partial charge in [-0.2, -0.15) is 0 Å². The van der Waals surface area contributed by atoms with Gasteiger partial charge in [0, 0.05) is 7.43 Å². The second-order valence-electron chi connectivity index (χ2n) is 1.77. The first kappa shape index (κ1) is 6.00. The second kappa shape index (κ2) is 3.20. The smallest absolute Gasteiger partial charge is 0 e. The van der Waals surface area contributed by atoms with Crippen molar-refractivity contribution in [1.82, 2.24) is 0 Å². The summed E-state index contributed by atoms with van der Waals surface area (Å²) in [5, 5.41) is 0. The largest absolute Gasteiger partial charge is 0.0533 e. The summed E-state index contributed by atoms with van der Waals surface area (Å²) in [5.41, 5.74) is 0. The lowest BCUT2D eigenvalue weighted by atomic mass is 10.4. The first-order valence-corrected chi connectivity index (χ1v) is 2.50. The summed E-state index contributed by atoms with van der Waals surface area (Å²) in [4.78, 5) is 0. The van der Waals surface area contributed by atoms with Crippen LogP contribution >= 0.6 is 0 Å². The average molecular weight is 82.1 g/mol. The molecule has 0 nitrogen and oxygen atoms in total. The van der Waals surface area contributed by atoms with Gasteiger partial charge < -0.3 is 0 Å². The van der Waals surface area contributed by atoms with Crippen molar-refractivity contribution >= 4 is 0 Å². The Morgan fingerprint density at radius 1 is 0.500 bits per heavy atom. The van der Waals surface area contributed by atoms with Gasteiger partial charge in [0.15, 0.2) is 0 Å². The van der Waals surface area contributed by atoms with Crippen LogP contribution in [0.1, 0.15) is 32.1 Å². The van der Waals surface area contributed by atoms with Crippen LogP contribution < -0.4 is 0 Å². The minimum atomic E-state index is 0. The quantitative estimate of drug-likeness (QED) is 0.419. The molecule has 0 aromatic heterocycles. The highest BCUT2D eigenvalue weighted by molar-refractivity contribution is 4.51. The fourth-order valence-electron chi connectivity index (χ4n) is 0.884. The Hall–Kier alpha value is 0. The molecule has 1 rings (SSSR count). The summed E-state index contributed by atoms with van der Waals surface area (Å²) in [6.45, 7) is 0. The van der Waals surface area contributed by atoms with Gasteiger partial charge in [-0.15, -0.1) is 0 Å². The SMILES string of the molecule is C1CCCC1.[C]. The molecule has 0 spiro atoms. The van der Waals surface area contributed by atoms with Gasteiger partial charge >= 0.3 is 0 Å². The summed E-state index contributed by atoms with van der Waals surface area (Å²) in [6.07, 6.45) is 7.50. The number of rotatable bonds is 0. The van der Waals surface area contributed by atoms with E-state index in [1.54, 1.807) is 0 Å². The van der Waals surface area contributed by atoms with Crippen molar-refractivity contribution in [3.8, 4) is 0 Å². The number of hydrogen-bond donors (Lipinski definition) is 0. The summed E-state index contributed by atoms with van der Waals surface area (Å²) in [5.74, 6) is 0. The van der Waals surface area contributed by atoms with Crippen molar-refractivity contribution in [2.24, 2.45) is 0 Å². The molecule has 0 N–H and O–H groups in total. The van der Waals surface area contributed by atoms with Crippen LogP contribution in [0.25, 0.3) is 0 Å². The molecule has 0 aromatic carbocycles. The Balaban J connectivity index is 0.000000250. The van der Waals surface area contributed by atoms with Crippen LogP contribution in [0.2, 0.25) is 0 Å². The molecule has 0 atom stereocenters. The van der Waals surface area contributed by atoms with Crippen molar-refractivity contribution in [2.75, 3.05) is 0 Å². The molecule has 0 heterocycles. The summed E-state index contributed by atoms with van der Waals surface area (Å²) < 4.78 is 0. The van der Waals surface area contributed by atoms with Crippen molar-refractivity contribution < 1.29 is 0 Å². The van der Waals surface area contributed by atoms with Crippen molar-refractivity contribution in [3.05, 3.63) is 7.43 Å². The maximum atomic E-state index is 1.50. The topological polar surface area (TPSA) is 0 Å². The molecule has 0 saturated heterocycles. The van der Waals surface area contributed by atoms with E-state index < -0.39 is 0 Å². The zero-order chi connectivity index (χ0) is 3.54. The minimum Gasteiger partial charge on any atom is -0.0533 e. The fourth-order valence-corrected chi connectivity index (χ4v) is 0.884. The van der Waals surface area contributed by atoms with E-state index in [0.29, 0.717) is 0 Å². The highest BCUT2D eigenvalue weighted by Gasteiger charge is 1.95. The van der Waals surface area contributed by atoms with Crippen molar-refractivity contribution in [3.63, 3.8) is 0 Å². The lowest BCUT2D eigenvalue weighted by molar-refractivity contribution is 0.886. The molecular formula is C6H10. The summed E-state index contributed by atoms with van der Waals surface area (Å²) in [6, 6.07) is 0. The first-order valence-electron chi connectivity index (χ1n) is 2.50. The van der Waals surface area contributed by atoms with Crippen LogP contribution in [0.5, 0.6) is 0 Å². The van der Waals surface area contributed by atoms with E-state index in [4.69, 9.17) is 0 Å². The standard InChI is InChI=1S/C5H10.C/c1-2-4-5-3-1;/h1-5H2;. The molecule has 0 aromatic rings. The van der Waals surface area contributed by atoms with E-state index in [9.17, 15) is 0 Å². The molecule has 0 unspecified atom stereocenters. The van der Waals surface area contributed by atoms with E-state index in [0.717, 1.165) is 0 Å². The Kier molecular flexibility index (Phi) is 3.20. The van der Waals surface area contributed by atoms with Gasteiger partial charge in [-0.25, -0.2) is 0 Å². The number of hydrogen-bond acceptors (Lipinski definition) is 0. The minimum absolute atomic E-state index is 0. The highest BCUT2D eigenvalue weighted by atomic mass is 14.0. The molecule has 0 amide bonds. The Bertz CT molecular complexity index is 11.6. The molecule has 1 fully saturated rings. The molecule has 1 saturated carbocycles. The Labute approximate surface area is 40.6 Å². The summed E-state index contributed by atoms with van der Waals surface area (Å²) >= 11 is 0. The normalized spacial score (nSPS) is 20.0. The third-order valence-corrected chi connectivity index (χ3v) is 1.25. The van der Waals surface area contributed by atoms with Crippen LogP contribution in [-0.4, -0.2) is 0 Å². The maximum Gasteiger partial charge on any atom is 0 e. The lowest BCUT2D eigenvalue weighted by Crippen LogP contribution is -1.47. The molecular weight excluding hydrogens is 72.1 g/mol. The van der Waals surface area contributed by atoms with Crippen LogP contribution in [0, 0.1) is 7.43 Å². The highest BCUT2D eigenvalue weighted by Crippen LogP contribution is 2.15. The fraction of sp³-hybridized carbons (Fsp3) is 0.833. The molecule has 1 aliphatic rings. The van der Waals surface area contributed by atoms with Gasteiger partial charge in [-0.3, -0.25) is 0 Å². The van der Waals surface area contributed by atoms with Gasteiger partial charge in [0.05, 0.1) is 0 Å². The lowest BCUT2D eigenvalue weighted by Gasteiger charge is -1.67. The van der Waals surface area contributed by atoms with Gasteiger partial charge in [0.1, 0.15) is 0 Å². The predicted octanol–water partition coefficient (Wildman–Crippen LogP) is 2.03. The van der Waals surface area contributed by atoms with E-state index >= 15 is 0 Å². The maximum absolute atomic E-state index is 1.50. The van der Waals surface area contributed by atoms with E-state index in [-0.39, 0.29) is 7.43 Å².